The van der Waals surface area contributed by atoms with Gasteiger partial charge in [0, 0.05) is 18.9 Å². The zero-order chi connectivity index (χ0) is 19.8. The fourth-order valence-electron chi connectivity index (χ4n) is 2.71. The van der Waals surface area contributed by atoms with Crippen LogP contribution in [-0.2, 0) is 6.42 Å². The first kappa shape index (κ1) is 19.4. The van der Waals surface area contributed by atoms with Crippen LogP contribution in [-0.4, -0.2) is 24.0 Å². The van der Waals surface area contributed by atoms with E-state index < -0.39 is 0 Å². The molecule has 0 aliphatic rings. The van der Waals surface area contributed by atoms with Crippen LogP contribution in [0.4, 0.5) is 15.8 Å². The zero-order valence-corrected chi connectivity index (χ0v) is 15.6. The molecule has 0 unspecified atom stereocenters. The summed E-state index contributed by atoms with van der Waals surface area (Å²) in [7, 11) is 0. The van der Waals surface area contributed by atoms with Gasteiger partial charge in [0.1, 0.15) is 11.6 Å². The molecule has 1 amide bonds. The van der Waals surface area contributed by atoms with E-state index in [9.17, 15) is 9.18 Å². The Morgan fingerprint density at radius 2 is 1.89 bits per heavy atom. The summed E-state index contributed by atoms with van der Waals surface area (Å²) in [6.45, 7) is 3.05. The number of ether oxygens (including phenoxy) is 1. The lowest BCUT2D eigenvalue weighted by atomic mass is 10.1. The minimum atomic E-state index is -0.262. The first-order chi connectivity index (χ1) is 13.7. The number of pyridine rings is 1. The summed E-state index contributed by atoms with van der Waals surface area (Å²) in [5, 5.41) is 6.10. The Morgan fingerprint density at radius 3 is 2.68 bits per heavy atom. The number of aromatic nitrogens is 1. The smallest absolute Gasteiger partial charge is 0.257 e. The number of nitrogens with zero attached hydrogens (tertiary/aromatic N) is 1. The fraction of sp³-hybridized carbons (Fsp3) is 0.182. The normalized spacial score (nSPS) is 10.4. The molecule has 0 bridgehead atoms. The van der Waals surface area contributed by atoms with Crippen molar-refractivity contribution in [2.75, 3.05) is 23.8 Å². The first-order valence-electron chi connectivity index (χ1n) is 9.12. The van der Waals surface area contributed by atoms with E-state index in [2.05, 4.69) is 15.6 Å². The summed E-state index contributed by atoms with van der Waals surface area (Å²) in [6.07, 6.45) is 3.91. The highest BCUT2D eigenvalue weighted by Gasteiger charge is 2.10. The zero-order valence-electron chi connectivity index (χ0n) is 15.6. The van der Waals surface area contributed by atoms with E-state index in [1.54, 1.807) is 30.5 Å². The van der Waals surface area contributed by atoms with Crippen molar-refractivity contribution in [1.29, 1.82) is 0 Å². The van der Waals surface area contributed by atoms with Crippen molar-refractivity contribution < 1.29 is 13.9 Å². The molecule has 1 heterocycles. The summed E-state index contributed by atoms with van der Waals surface area (Å²) in [4.78, 5) is 16.7. The van der Waals surface area contributed by atoms with E-state index in [0.29, 0.717) is 30.2 Å². The number of para-hydroxylation sites is 2. The average molecular weight is 379 g/mol. The SMILES string of the molecule is CCOc1ccccc1NC(=O)c1cncc(NCCc2ccc(F)cc2)c1. The van der Waals surface area contributed by atoms with E-state index in [4.69, 9.17) is 4.74 Å². The molecule has 3 rings (SSSR count). The van der Waals surface area contributed by atoms with Gasteiger partial charge in [-0.15, -0.1) is 0 Å². The van der Waals surface area contributed by atoms with Gasteiger partial charge in [-0.2, -0.15) is 0 Å². The van der Waals surface area contributed by atoms with Gasteiger partial charge in [-0.05, 0) is 49.2 Å². The molecule has 1 aromatic heterocycles. The molecule has 2 N–H and O–H groups in total. The lowest BCUT2D eigenvalue weighted by molar-refractivity contribution is 0.102. The molecule has 0 radical (unpaired) electrons. The van der Waals surface area contributed by atoms with Crippen LogP contribution in [0.1, 0.15) is 22.8 Å². The standard InChI is InChI=1S/C22H22FN3O2/c1-2-28-21-6-4-3-5-20(21)26-22(27)17-13-19(15-24-14-17)25-12-11-16-7-9-18(23)10-8-16/h3-10,13-15,25H,2,11-12H2,1H3,(H,26,27). The summed E-state index contributed by atoms with van der Waals surface area (Å²) in [5.74, 6) is 0.118. The van der Waals surface area contributed by atoms with Crippen molar-refractivity contribution in [3.05, 3.63) is 83.9 Å². The molecule has 0 aliphatic carbocycles. The molecule has 144 valence electrons. The third-order valence-corrected chi connectivity index (χ3v) is 4.09. The van der Waals surface area contributed by atoms with Crippen molar-refractivity contribution in [1.82, 2.24) is 4.98 Å². The van der Waals surface area contributed by atoms with Crippen molar-refractivity contribution in [3.63, 3.8) is 0 Å². The van der Waals surface area contributed by atoms with Crippen molar-refractivity contribution in [2.45, 2.75) is 13.3 Å². The highest BCUT2D eigenvalue weighted by atomic mass is 19.1. The minimum Gasteiger partial charge on any atom is -0.492 e. The maximum absolute atomic E-state index is 12.9. The van der Waals surface area contributed by atoms with E-state index in [1.807, 2.05) is 25.1 Å². The van der Waals surface area contributed by atoms with Gasteiger partial charge in [-0.3, -0.25) is 9.78 Å². The Bertz CT molecular complexity index is 929. The molecule has 6 heteroatoms. The van der Waals surface area contributed by atoms with Crippen LogP contribution in [0.5, 0.6) is 5.75 Å². The quantitative estimate of drug-likeness (QED) is 0.604. The van der Waals surface area contributed by atoms with Crippen LogP contribution in [0.25, 0.3) is 0 Å². The maximum atomic E-state index is 12.9. The third kappa shape index (κ3) is 5.30. The highest BCUT2D eigenvalue weighted by Crippen LogP contribution is 2.24. The third-order valence-electron chi connectivity index (χ3n) is 4.09. The molecule has 5 nitrogen and oxygen atoms in total. The van der Waals surface area contributed by atoms with E-state index in [0.717, 1.165) is 17.7 Å². The van der Waals surface area contributed by atoms with Gasteiger partial charge < -0.3 is 15.4 Å². The Balaban J connectivity index is 1.61. The number of benzene rings is 2. The summed E-state index contributed by atoms with van der Waals surface area (Å²) in [6, 6.07) is 15.5. The summed E-state index contributed by atoms with van der Waals surface area (Å²) in [5.41, 5.74) is 2.83. The molecule has 0 saturated carbocycles. The second-order valence-electron chi connectivity index (χ2n) is 6.15. The molecule has 0 fully saturated rings. The Hall–Kier alpha value is -3.41. The number of carbonyl (C=O) groups is 1. The largest absolute Gasteiger partial charge is 0.492 e. The van der Waals surface area contributed by atoms with Gasteiger partial charge in [-0.25, -0.2) is 4.39 Å². The van der Waals surface area contributed by atoms with E-state index in [-0.39, 0.29) is 11.7 Å². The second kappa shape index (κ2) is 9.50. The lowest BCUT2D eigenvalue weighted by Crippen LogP contribution is -2.14. The number of halogens is 1. The monoisotopic (exact) mass is 379 g/mol. The Labute approximate surface area is 163 Å². The summed E-state index contributed by atoms with van der Waals surface area (Å²) >= 11 is 0. The molecule has 0 aliphatic heterocycles. The van der Waals surface area contributed by atoms with Crippen LogP contribution in [0.2, 0.25) is 0 Å². The second-order valence-corrected chi connectivity index (χ2v) is 6.15. The molecule has 0 atom stereocenters. The van der Waals surface area contributed by atoms with Crippen molar-refractivity contribution in [3.8, 4) is 5.75 Å². The number of rotatable bonds is 8. The number of hydrogen-bond acceptors (Lipinski definition) is 4. The number of anilines is 2. The first-order valence-corrected chi connectivity index (χ1v) is 9.12. The van der Waals surface area contributed by atoms with Crippen LogP contribution >= 0.6 is 0 Å². The average Bonchev–Trinajstić information content (AvgIpc) is 2.71. The predicted octanol–water partition coefficient (Wildman–Crippen LogP) is 4.53. The molecular weight excluding hydrogens is 357 g/mol. The van der Waals surface area contributed by atoms with E-state index >= 15 is 0 Å². The number of carbonyl (C=O) groups excluding carboxylic acids is 1. The lowest BCUT2D eigenvalue weighted by Gasteiger charge is -2.12. The van der Waals surface area contributed by atoms with Crippen LogP contribution in [0.3, 0.4) is 0 Å². The number of nitrogens with one attached hydrogen (secondary N) is 2. The van der Waals surface area contributed by atoms with E-state index in [1.165, 1.54) is 18.3 Å². The molecular formula is C22H22FN3O2. The number of hydrogen-bond donors (Lipinski definition) is 2. The van der Waals surface area contributed by atoms with Crippen LogP contribution in [0.15, 0.2) is 67.0 Å². The summed E-state index contributed by atoms with van der Waals surface area (Å²) < 4.78 is 18.5. The fourth-order valence-corrected chi connectivity index (χ4v) is 2.71. The minimum absolute atomic E-state index is 0.245. The molecule has 2 aromatic carbocycles. The Kier molecular flexibility index (Phi) is 6.57. The van der Waals surface area contributed by atoms with Crippen molar-refractivity contribution in [2.24, 2.45) is 0 Å². The molecule has 3 aromatic rings. The van der Waals surface area contributed by atoms with Gasteiger partial charge in [0.05, 0.1) is 23.5 Å². The number of amides is 1. The molecule has 28 heavy (non-hydrogen) atoms. The van der Waals surface area contributed by atoms with Crippen LogP contribution < -0.4 is 15.4 Å². The molecule has 0 spiro atoms. The van der Waals surface area contributed by atoms with Gasteiger partial charge in [-0.1, -0.05) is 24.3 Å². The van der Waals surface area contributed by atoms with Crippen molar-refractivity contribution >= 4 is 17.3 Å². The predicted molar refractivity (Wildman–Crippen MR) is 108 cm³/mol. The van der Waals surface area contributed by atoms with Crippen LogP contribution in [0, 0.1) is 5.82 Å². The topological polar surface area (TPSA) is 63.2 Å². The molecule has 0 saturated heterocycles. The Morgan fingerprint density at radius 1 is 1.11 bits per heavy atom. The maximum Gasteiger partial charge on any atom is 0.257 e. The van der Waals surface area contributed by atoms with Gasteiger partial charge in [0.2, 0.25) is 0 Å². The van der Waals surface area contributed by atoms with Gasteiger partial charge in [0.25, 0.3) is 5.91 Å². The van der Waals surface area contributed by atoms with Gasteiger partial charge >= 0.3 is 0 Å². The van der Waals surface area contributed by atoms with Gasteiger partial charge in [0.15, 0.2) is 0 Å². The highest BCUT2D eigenvalue weighted by molar-refractivity contribution is 6.05.